The lowest BCUT2D eigenvalue weighted by Crippen LogP contribution is -2.45. The van der Waals surface area contributed by atoms with Crippen LogP contribution >= 0.6 is 0 Å². The van der Waals surface area contributed by atoms with E-state index >= 15 is 0 Å². The van der Waals surface area contributed by atoms with Gasteiger partial charge in [-0.15, -0.1) is 0 Å². The minimum absolute atomic E-state index is 0.0890. The van der Waals surface area contributed by atoms with Gasteiger partial charge in [-0.25, -0.2) is 4.98 Å². The molecule has 1 N–H and O–H groups in total. The minimum Gasteiger partial charge on any atom is -0.340 e. The van der Waals surface area contributed by atoms with Crippen LogP contribution in [0.5, 0.6) is 0 Å². The van der Waals surface area contributed by atoms with Crippen molar-refractivity contribution in [2.45, 2.75) is 0 Å². The third kappa shape index (κ3) is 1.93. The predicted molar refractivity (Wildman–Crippen MR) is 54.6 cm³/mol. The summed E-state index contributed by atoms with van der Waals surface area (Å²) >= 11 is 0. The number of aromatic nitrogens is 2. The highest BCUT2D eigenvalue weighted by atomic mass is 16.1. The van der Waals surface area contributed by atoms with Crippen LogP contribution in [-0.4, -0.2) is 48.1 Å². The zero-order valence-electron chi connectivity index (χ0n) is 8.23. The van der Waals surface area contributed by atoms with Crippen molar-refractivity contribution in [2.24, 2.45) is 0 Å². The highest BCUT2D eigenvalue weighted by molar-refractivity contribution is 5.28. The molecule has 0 bridgehead atoms. The molecule has 2 heterocycles. The van der Waals surface area contributed by atoms with Gasteiger partial charge in [0.05, 0.1) is 0 Å². The van der Waals surface area contributed by atoms with Gasteiger partial charge in [-0.05, 0) is 7.05 Å². The Bertz CT molecular complexity index is 354. The van der Waals surface area contributed by atoms with Gasteiger partial charge in [0, 0.05) is 38.4 Å². The SMILES string of the molecule is CN1CCN(c2nccc(=O)[nH]2)CC1. The molecule has 1 saturated heterocycles. The van der Waals surface area contributed by atoms with Crippen LogP contribution in [0.2, 0.25) is 0 Å². The first kappa shape index (κ1) is 9.21. The van der Waals surface area contributed by atoms with Gasteiger partial charge in [-0.2, -0.15) is 0 Å². The number of anilines is 1. The van der Waals surface area contributed by atoms with Crippen molar-refractivity contribution in [1.82, 2.24) is 14.9 Å². The fraction of sp³-hybridized carbons (Fsp3) is 0.556. The molecular weight excluding hydrogens is 180 g/mol. The number of piperazine rings is 1. The molecule has 0 spiro atoms. The third-order valence-electron chi connectivity index (χ3n) is 2.46. The van der Waals surface area contributed by atoms with E-state index in [1.54, 1.807) is 6.20 Å². The van der Waals surface area contributed by atoms with Crippen LogP contribution in [0, 0.1) is 0 Å². The predicted octanol–water partition coefficient (Wildman–Crippen LogP) is -0.478. The molecule has 0 radical (unpaired) electrons. The van der Waals surface area contributed by atoms with E-state index in [1.165, 1.54) is 6.07 Å². The van der Waals surface area contributed by atoms with Crippen LogP contribution in [0.15, 0.2) is 17.1 Å². The molecule has 0 saturated carbocycles. The van der Waals surface area contributed by atoms with Crippen molar-refractivity contribution in [3.63, 3.8) is 0 Å². The summed E-state index contributed by atoms with van der Waals surface area (Å²) in [5.41, 5.74) is -0.0890. The number of hydrogen-bond acceptors (Lipinski definition) is 4. The largest absolute Gasteiger partial charge is 0.340 e. The van der Waals surface area contributed by atoms with E-state index in [0.29, 0.717) is 5.95 Å². The Morgan fingerprint density at radius 2 is 2.07 bits per heavy atom. The quantitative estimate of drug-likeness (QED) is 0.656. The Kier molecular flexibility index (Phi) is 2.49. The lowest BCUT2D eigenvalue weighted by Gasteiger charge is -2.32. The fourth-order valence-corrected chi connectivity index (χ4v) is 1.54. The lowest BCUT2D eigenvalue weighted by molar-refractivity contribution is 0.311. The Balaban J connectivity index is 2.12. The van der Waals surface area contributed by atoms with Gasteiger partial charge in [0.25, 0.3) is 5.56 Å². The Morgan fingerprint density at radius 1 is 1.36 bits per heavy atom. The molecular formula is C9H14N4O. The number of H-pyrrole nitrogens is 1. The van der Waals surface area contributed by atoms with E-state index in [-0.39, 0.29) is 5.56 Å². The molecule has 0 atom stereocenters. The summed E-state index contributed by atoms with van der Waals surface area (Å²) < 4.78 is 0. The van der Waals surface area contributed by atoms with Gasteiger partial charge in [-0.1, -0.05) is 0 Å². The zero-order valence-corrected chi connectivity index (χ0v) is 8.23. The van der Waals surface area contributed by atoms with E-state index in [2.05, 4.69) is 26.8 Å². The van der Waals surface area contributed by atoms with E-state index in [9.17, 15) is 4.79 Å². The monoisotopic (exact) mass is 194 g/mol. The topological polar surface area (TPSA) is 52.2 Å². The van der Waals surface area contributed by atoms with Crippen molar-refractivity contribution >= 4 is 5.95 Å². The molecule has 5 nitrogen and oxygen atoms in total. The summed E-state index contributed by atoms with van der Waals surface area (Å²) in [6.07, 6.45) is 1.55. The molecule has 1 aliphatic heterocycles. The number of hydrogen-bond donors (Lipinski definition) is 1. The standard InChI is InChI=1S/C9H14N4O/c1-12-4-6-13(7-5-12)9-10-3-2-8(14)11-9/h2-3H,4-7H2,1H3,(H,10,11,14). The molecule has 0 amide bonds. The van der Waals surface area contributed by atoms with Crippen LogP contribution in [-0.2, 0) is 0 Å². The molecule has 0 aliphatic carbocycles. The lowest BCUT2D eigenvalue weighted by atomic mass is 10.3. The van der Waals surface area contributed by atoms with Crippen LogP contribution in [0.3, 0.4) is 0 Å². The van der Waals surface area contributed by atoms with Gasteiger partial charge < -0.3 is 9.80 Å². The van der Waals surface area contributed by atoms with Gasteiger partial charge in [-0.3, -0.25) is 9.78 Å². The molecule has 14 heavy (non-hydrogen) atoms. The first-order valence-electron chi connectivity index (χ1n) is 4.74. The summed E-state index contributed by atoms with van der Waals surface area (Å²) in [7, 11) is 2.10. The van der Waals surface area contributed by atoms with Gasteiger partial charge in [0.1, 0.15) is 0 Å². The third-order valence-corrected chi connectivity index (χ3v) is 2.46. The van der Waals surface area contributed by atoms with E-state index in [1.807, 2.05) is 0 Å². The first-order chi connectivity index (χ1) is 6.75. The molecule has 0 aromatic carbocycles. The van der Waals surface area contributed by atoms with Crippen molar-refractivity contribution in [2.75, 3.05) is 38.1 Å². The average Bonchev–Trinajstić information content (AvgIpc) is 2.19. The molecule has 0 unspecified atom stereocenters. The smallest absolute Gasteiger partial charge is 0.252 e. The summed E-state index contributed by atoms with van der Waals surface area (Å²) in [4.78, 5) is 22.3. The maximum atomic E-state index is 11.1. The molecule has 1 fully saturated rings. The summed E-state index contributed by atoms with van der Waals surface area (Å²) in [6.45, 7) is 3.87. The van der Waals surface area contributed by atoms with E-state index in [0.717, 1.165) is 26.2 Å². The molecule has 1 aliphatic rings. The van der Waals surface area contributed by atoms with Crippen molar-refractivity contribution < 1.29 is 0 Å². The maximum Gasteiger partial charge on any atom is 0.252 e. The van der Waals surface area contributed by atoms with Gasteiger partial charge in [0.15, 0.2) is 0 Å². The second kappa shape index (κ2) is 3.79. The highest BCUT2D eigenvalue weighted by Gasteiger charge is 2.15. The number of aromatic amines is 1. The van der Waals surface area contributed by atoms with Crippen molar-refractivity contribution in [3.8, 4) is 0 Å². The fourth-order valence-electron chi connectivity index (χ4n) is 1.54. The molecule has 76 valence electrons. The molecule has 1 aromatic rings. The molecule has 1 aromatic heterocycles. The average molecular weight is 194 g/mol. The summed E-state index contributed by atoms with van der Waals surface area (Å²) in [5.74, 6) is 0.686. The first-order valence-corrected chi connectivity index (χ1v) is 4.74. The van der Waals surface area contributed by atoms with Crippen molar-refractivity contribution in [3.05, 3.63) is 22.6 Å². The highest BCUT2D eigenvalue weighted by Crippen LogP contribution is 2.06. The van der Waals surface area contributed by atoms with Crippen molar-refractivity contribution in [1.29, 1.82) is 0 Å². The summed E-state index contributed by atoms with van der Waals surface area (Å²) in [6, 6.07) is 1.43. The number of likely N-dealkylation sites (N-methyl/N-ethyl adjacent to an activating group) is 1. The summed E-state index contributed by atoms with van der Waals surface area (Å²) in [5, 5.41) is 0. The minimum atomic E-state index is -0.0890. The van der Waals surface area contributed by atoms with Crippen LogP contribution < -0.4 is 10.5 Å². The number of rotatable bonds is 1. The van der Waals surface area contributed by atoms with E-state index < -0.39 is 0 Å². The zero-order chi connectivity index (χ0) is 9.97. The molecule has 5 heteroatoms. The van der Waals surface area contributed by atoms with Crippen LogP contribution in [0.25, 0.3) is 0 Å². The second-order valence-electron chi connectivity index (χ2n) is 3.55. The second-order valence-corrected chi connectivity index (χ2v) is 3.55. The molecule has 2 rings (SSSR count). The number of nitrogens with one attached hydrogen (secondary N) is 1. The van der Waals surface area contributed by atoms with Gasteiger partial charge in [0.2, 0.25) is 5.95 Å². The Labute approximate surface area is 82.4 Å². The Hall–Kier alpha value is -1.36. The number of nitrogens with zero attached hydrogens (tertiary/aromatic N) is 3. The normalized spacial score (nSPS) is 18.5. The van der Waals surface area contributed by atoms with Crippen LogP contribution in [0.1, 0.15) is 0 Å². The van der Waals surface area contributed by atoms with Gasteiger partial charge >= 0.3 is 0 Å². The van der Waals surface area contributed by atoms with Crippen LogP contribution in [0.4, 0.5) is 5.95 Å². The Morgan fingerprint density at radius 3 is 2.71 bits per heavy atom. The van der Waals surface area contributed by atoms with E-state index in [4.69, 9.17) is 0 Å². The maximum absolute atomic E-state index is 11.1.